The number of hydrogen-bond acceptors (Lipinski definition) is 4. The van der Waals surface area contributed by atoms with Gasteiger partial charge in [-0.3, -0.25) is 19.2 Å². The highest BCUT2D eigenvalue weighted by Gasteiger charge is 2.41. The molecule has 61 heavy (non-hydrogen) atoms. The van der Waals surface area contributed by atoms with Crippen LogP contribution in [0.4, 0.5) is 52.7 Å². The topological polar surface area (TPSA) is 74.8 Å². The maximum Gasteiger partial charge on any atom is 0.416 e. The zero-order chi connectivity index (χ0) is 44.2. The molecule has 2 unspecified atom stereocenters. The molecule has 2 aliphatic rings. The van der Waals surface area contributed by atoms with Crippen LogP contribution >= 0.6 is 13.5 Å². The van der Waals surface area contributed by atoms with Crippen LogP contribution in [0.15, 0.2) is 97.1 Å². The molecule has 2 amide bonds. The summed E-state index contributed by atoms with van der Waals surface area (Å²) < 4.78 is 157. The first-order valence-electron chi connectivity index (χ1n) is 18.2. The fourth-order valence-electron chi connectivity index (χ4n) is 6.97. The van der Waals surface area contributed by atoms with Crippen molar-refractivity contribution in [2.24, 2.45) is 0 Å². The number of rotatable bonds is 6. The summed E-state index contributed by atoms with van der Waals surface area (Å²) in [6.45, 7) is -0.125. The highest BCUT2D eigenvalue weighted by Crippen LogP contribution is 2.39. The largest absolute Gasteiger partial charge is 0.416 e. The summed E-state index contributed by atoms with van der Waals surface area (Å²) in [4.78, 5) is 52.1. The average molecular weight is 893 g/mol. The number of hydrogen-bond donors (Lipinski definition) is 0. The van der Waals surface area contributed by atoms with Gasteiger partial charge >= 0.3 is 24.7 Å². The van der Waals surface area contributed by atoms with Gasteiger partial charge in [-0.25, -0.2) is 0 Å². The highest BCUT2D eigenvalue weighted by atomic mass is 32.1. The summed E-state index contributed by atoms with van der Waals surface area (Å²) in [6, 6.07) is 18.0. The third kappa shape index (κ3) is 12.8. The molecule has 6 rings (SSSR count). The molecule has 0 aromatic heterocycles. The van der Waals surface area contributed by atoms with Crippen molar-refractivity contribution < 1.29 is 71.9 Å². The van der Waals surface area contributed by atoms with E-state index in [-0.39, 0.29) is 88.8 Å². The third-order valence-corrected chi connectivity index (χ3v) is 9.89. The number of likely N-dealkylation sites (tertiary alicyclic amines) is 2. The molecule has 328 valence electrons. The Labute approximate surface area is 348 Å². The molecule has 4 aromatic rings. The van der Waals surface area contributed by atoms with E-state index in [0.717, 1.165) is 11.1 Å². The number of benzene rings is 4. The molecule has 2 atom stereocenters. The van der Waals surface area contributed by atoms with Crippen LogP contribution in [0, 0.1) is 0 Å². The summed E-state index contributed by atoms with van der Waals surface area (Å²) in [6.07, 6.45) is -19.7. The van der Waals surface area contributed by atoms with Crippen LogP contribution in [0.1, 0.15) is 79.8 Å². The normalized spacial score (nSPS) is 17.6. The quantitative estimate of drug-likeness (QED) is 0.181. The minimum atomic E-state index is -5.04. The van der Waals surface area contributed by atoms with Crippen molar-refractivity contribution in [1.82, 2.24) is 9.80 Å². The Hall–Kier alpha value is -5.33. The number of piperidine rings is 2. The fraction of sp³-hybridized carbons (Fsp3) is 0.333. The Kier molecular flexibility index (Phi) is 15.2. The third-order valence-electron chi connectivity index (χ3n) is 9.89. The second-order valence-electron chi connectivity index (χ2n) is 14.3. The summed E-state index contributed by atoms with van der Waals surface area (Å²) in [5, 5.41) is 0. The molecular weight excluding hydrogens is 857 g/mol. The molecular formula is C42H36F12N2O4S. The lowest BCUT2D eigenvalue weighted by Crippen LogP contribution is -2.47. The molecule has 0 spiro atoms. The Morgan fingerprint density at radius 1 is 0.475 bits per heavy atom. The molecule has 2 heterocycles. The van der Waals surface area contributed by atoms with E-state index in [1.165, 1.54) is 9.80 Å². The van der Waals surface area contributed by atoms with E-state index in [1.54, 1.807) is 60.7 Å². The van der Waals surface area contributed by atoms with E-state index in [1.807, 2.05) is 0 Å². The number of ketones is 2. The summed E-state index contributed by atoms with van der Waals surface area (Å²) >= 11 is 0. The van der Waals surface area contributed by atoms with Gasteiger partial charge in [0.15, 0.2) is 0 Å². The molecule has 0 N–H and O–H groups in total. The van der Waals surface area contributed by atoms with E-state index < -0.39 is 82.0 Å². The second kappa shape index (κ2) is 19.2. The first-order valence-corrected chi connectivity index (χ1v) is 18.2. The van der Waals surface area contributed by atoms with Crippen LogP contribution in [0.3, 0.4) is 0 Å². The van der Waals surface area contributed by atoms with Gasteiger partial charge in [-0.15, -0.1) is 0 Å². The molecule has 19 heteroatoms. The Morgan fingerprint density at radius 2 is 0.754 bits per heavy atom. The van der Waals surface area contributed by atoms with Crippen LogP contribution in [0.2, 0.25) is 0 Å². The maximum atomic E-state index is 13.1. The van der Waals surface area contributed by atoms with Gasteiger partial charge < -0.3 is 9.80 Å². The summed E-state index contributed by atoms with van der Waals surface area (Å²) in [5.41, 5.74) is -6.00. The predicted molar refractivity (Wildman–Crippen MR) is 202 cm³/mol. The lowest BCUT2D eigenvalue weighted by atomic mass is 9.93. The van der Waals surface area contributed by atoms with Crippen molar-refractivity contribution in [3.8, 4) is 0 Å². The van der Waals surface area contributed by atoms with Gasteiger partial charge in [-0.2, -0.15) is 66.2 Å². The van der Waals surface area contributed by atoms with Gasteiger partial charge in [0.1, 0.15) is 11.6 Å². The van der Waals surface area contributed by atoms with Crippen molar-refractivity contribution in [3.63, 3.8) is 0 Å². The first kappa shape index (κ1) is 48.3. The zero-order valence-electron chi connectivity index (χ0n) is 31.6. The SMILES string of the molecule is O=C1CCN(C(=O)c2cc(C(F)(F)F)cc(C(F)(F)F)c2)C(Cc2ccccc2)C1.O=C1CCN(C(=O)c2cc(C(F)(F)F)cc(C(F)(F)F)c2)C(Cc2ccccc2)C1.S. The fourth-order valence-corrected chi connectivity index (χ4v) is 6.97. The van der Waals surface area contributed by atoms with Crippen LogP contribution < -0.4 is 0 Å². The number of halogens is 12. The minimum absolute atomic E-state index is 0. The van der Waals surface area contributed by atoms with Crippen molar-refractivity contribution in [2.45, 2.75) is 75.3 Å². The predicted octanol–water partition coefficient (Wildman–Crippen LogP) is 10.4. The Bertz CT molecular complexity index is 1970. The molecule has 2 aliphatic heterocycles. The number of carbonyl (C=O) groups is 4. The van der Waals surface area contributed by atoms with Gasteiger partial charge in [-0.1, -0.05) is 60.7 Å². The average Bonchev–Trinajstić information content (AvgIpc) is 3.17. The molecule has 2 fully saturated rings. The summed E-state index contributed by atoms with van der Waals surface area (Å²) in [7, 11) is 0. The first-order chi connectivity index (χ1) is 27.9. The number of alkyl halides is 12. The highest BCUT2D eigenvalue weighted by molar-refractivity contribution is 7.59. The molecule has 4 aromatic carbocycles. The van der Waals surface area contributed by atoms with Crippen molar-refractivity contribution >= 4 is 36.9 Å². The number of nitrogens with zero attached hydrogens (tertiary/aromatic N) is 2. The van der Waals surface area contributed by atoms with Gasteiger partial charge in [0.05, 0.1) is 22.3 Å². The van der Waals surface area contributed by atoms with Gasteiger partial charge in [0.25, 0.3) is 11.8 Å². The van der Waals surface area contributed by atoms with Crippen molar-refractivity contribution in [2.75, 3.05) is 13.1 Å². The number of carbonyl (C=O) groups excluding carboxylic acids is 4. The maximum absolute atomic E-state index is 13.1. The van der Waals surface area contributed by atoms with Gasteiger partial charge in [0.2, 0.25) is 0 Å². The standard InChI is InChI=1S/2C21H17F6NO2.H2S/c2*22-20(23,24)15-9-14(10-16(11-15)21(25,26)27)19(30)28-7-6-18(29)12-17(28)8-13-4-2-1-3-5-13;/h2*1-5,9-11,17H,6-8,12H2;1H2. The molecule has 0 saturated carbocycles. The van der Waals surface area contributed by atoms with Crippen LogP contribution in [-0.2, 0) is 47.1 Å². The molecule has 0 radical (unpaired) electrons. The molecule has 0 bridgehead atoms. The summed E-state index contributed by atoms with van der Waals surface area (Å²) in [5.74, 6) is -2.14. The van der Waals surface area contributed by atoms with Crippen LogP contribution in [-0.4, -0.2) is 58.4 Å². The van der Waals surface area contributed by atoms with E-state index in [0.29, 0.717) is 24.3 Å². The Balaban J connectivity index is 0.000000264. The van der Waals surface area contributed by atoms with E-state index in [4.69, 9.17) is 0 Å². The van der Waals surface area contributed by atoms with Crippen LogP contribution in [0.5, 0.6) is 0 Å². The number of Topliss-reactive ketones (excluding diaryl/α,β-unsaturated/α-hetero) is 2. The van der Waals surface area contributed by atoms with Crippen molar-refractivity contribution in [1.29, 1.82) is 0 Å². The number of amides is 2. The zero-order valence-corrected chi connectivity index (χ0v) is 32.6. The lowest BCUT2D eigenvalue weighted by Gasteiger charge is -2.35. The van der Waals surface area contributed by atoms with E-state index in [2.05, 4.69) is 0 Å². The van der Waals surface area contributed by atoms with E-state index in [9.17, 15) is 71.9 Å². The van der Waals surface area contributed by atoms with Gasteiger partial charge in [-0.05, 0) is 60.4 Å². The van der Waals surface area contributed by atoms with Gasteiger partial charge in [0, 0.05) is 62.0 Å². The Morgan fingerprint density at radius 3 is 1.02 bits per heavy atom. The minimum Gasteiger partial charge on any atom is -0.334 e. The van der Waals surface area contributed by atoms with Crippen LogP contribution in [0.25, 0.3) is 0 Å². The molecule has 6 nitrogen and oxygen atoms in total. The molecule has 2 saturated heterocycles. The lowest BCUT2D eigenvalue weighted by molar-refractivity contribution is -0.144. The monoisotopic (exact) mass is 892 g/mol. The second-order valence-corrected chi connectivity index (χ2v) is 14.3. The molecule has 0 aliphatic carbocycles. The van der Waals surface area contributed by atoms with E-state index >= 15 is 0 Å². The van der Waals surface area contributed by atoms with Crippen molar-refractivity contribution in [3.05, 3.63) is 142 Å². The smallest absolute Gasteiger partial charge is 0.334 e.